The van der Waals surface area contributed by atoms with Gasteiger partial charge in [0.05, 0.1) is 55.2 Å². The number of aromatic nitrogens is 10. The molecule has 15 aromatic carbocycles. The number of hydrogen-bond donors (Lipinski definition) is 0. The third kappa shape index (κ3) is 8.83. The van der Waals surface area contributed by atoms with Crippen molar-refractivity contribution in [1.29, 1.82) is 0 Å². The van der Waals surface area contributed by atoms with Crippen LogP contribution < -0.4 is 0 Å². The number of benzene rings is 15. The molecule has 0 radical (unpaired) electrons. The van der Waals surface area contributed by atoms with Crippen molar-refractivity contribution in [2.45, 2.75) is 0 Å². The first-order chi connectivity index (χ1) is 53.1. The summed E-state index contributed by atoms with van der Waals surface area (Å²) in [6.07, 6.45) is 0. The van der Waals surface area contributed by atoms with Gasteiger partial charge in [-0.25, -0.2) is 9.97 Å². The average Bonchev–Trinajstić information content (AvgIpc) is 1.52. The van der Waals surface area contributed by atoms with Crippen molar-refractivity contribution in [2.24, 2.45) is 0 Å². The van der Waals surface area contributed by atoms with Crippen LogP contribution >= 0.6 is 0 Å². The number of furan rings is 1. The summed E-state index contributed by atoms with van der Waals surface area (Å²) in [7, 11) is 0. The first-order valence-electron chi connectivity index (χ1n) is 36.1. The van der Waals surface area contributed by atoms with Gasteiger partial charge in [0, 0.05) is 97.7 Å². The standard InChI is InChI=1S/C51H31N5.C45H25N5O/c1-3-13-32(14-4-1)34-23-27-36(28-24-34)49-52-50(37-29-25-35(26-30-37)33-15-5-2-6-16-33)54-51(53-49)56-44-21-11-8-18-39(44)42-31-41-38-17-7-10-20-43(38)55-45-22-12-9-19-40(45)46(47(41)55)48(42)56;1-2-12-26(13-3-1)43-46-44(27-22-23-31-30-16-7-11-21-38(30)51-39(31)24-27)48-45(47-43)50-36-19-9-5-15-29(36)34-25-33-28-14-4-8-18-35(28)49-37-20-10-6-17-32(37)40(41(33)49)42(34)50/h1-31H;1-25H. The summed E-state index contributed by atoms with van der Waals surface area (Å²) in [5, 5.41) is 16.6. The minimum atomic E-state index is 0.567. The van der Waals surface area contributed by atoms with Gasteiger partial charge < -0.3 is 13.2 Å². The minimum absolute atomic E-state index is 0.567. The van der Waals surface area contributed by atoms with E-state index in [0.29, 0.717) is 35.2 Å². The molecule has 0 aliphatic rings. The van der Waals surface area contributed by atoms with Crippen LogP contribution in [-0.2, 0) is 0 Å². The van der Waals surface area contributed by atoms with E-state index in [1.807, 2.05) is 54.6 Å². The van der Waals surface area contributed by atoms with Crippen LogP contribution in [0.4, 0.5) is 0 Å². The fraction of sp³-hybridized carbons (Fsp3) is 0. The molecule has 9 heterocycles. The van der Waals surface area contributed by atoms with Crippen molar-refractivity contribution in [1.82, 2.24) is 47.8 Å². The molecule has 0 aliphatic carbocycles. The fourth-order valence-corrected chi connectivity index (χ4v) is 17.1. The number of hydrogen-bond acceptors (Lipinski definition) is 7. The average molecular weight is 1370 g/mol. The molecule has 0 fully saturated rings. The van der Waals surface area contributed by atoms with E-state index >= 15 is 0 Å². The van der Waals surface area contributed by atoms with Crippen molar-refractivity contribution in [3.63, 3.8) is 0 Å². The highest BCUT2D eigenvalue weighted by Crippen LogP contribution is 2.49. The largest absolute Gasteiger partial charge is 0.456 e. The van der Waals surface area contributed by atoms with Crippen LogP contribution in [0.5, 0.6) is 0 Å². The van der Waals surface area contributed by atoms with Gasteiger partial charge in [-0.2, -0.15) is 19.9 Å². The van der Waals surface area contributed by atoms with Gasteiger partial charge in [-0.3, -0.25) is 9.13 Å². The number of rotatable bonds is 8. The van der Waals surface area contributed by atoms with Gasteiger partial charge in [-0.1, -0.05) is 273 Å². The van der Waals surface area contributed by atoms with Crippen LogP contribution in [-0.4, -0.2) is 47.8 Å². The molecular weight excluding hydrogens is 1310 g/mol. The molecule has 24 rings (SSSR count). The first kappa shape index (κ1) is 58.9. The SMILES string of the molecule is c1ccc(-c2ccc(-c3nc(-c4ccc(-c5ccccc5)cc4)nc(-n4c5ccccc5c5cc6c7ccccc7n7c8ccccc8c(c54)c67)n3)cc2)cc1.c1ccc(-c2nc(-c3ccc4c(c3)oc3ccccc34)nc(-n3c4ccccc4c4cc5c6ccccc6n6c7ccccc7c(c43)c56)n2)cc1. The van der Waals surface area contributed by atoms with Crippen molar-refractivity contribution in [3.05, 3.63) is 340 Å². The van der Waals surface area contributed by atoms with Crippen LogP contribution in [0.1, 0.15) is 0 Å². The molecule has 9 aromatic heterocycles. The van der Waals surface area contributed by atoms with Gasteiger partial charge in [0.2, 0.25) is 11.9 Å². The van der Waals surface area contributed by atoms with E-state index < -0.39 is 0 Å². The Bertz CT molecular complexity index is 7620. The second-order valence-electron chi connectivity index (χ2n) is 27.7. The number of fused-ring (bicyclic) bond motifs is 23. The van der Waals surface area contributed by atoms with E-state index in [-0.39, 0.29) is 0 Å². The normalized spacial score (nSPS) is 12.1. The highest BCUT2D eigenvalue weighted by Gasteiger charge is 2.29. The molecule has 0 aliphatic heterocycles. The van der Waals surface area contributed by atoms with Crippen LogP contribution in [0.3, 0.4) is 0 Å². The maximum atomic E-state index is 6.30. The Morgan fingerprint density at radius 1 is 0.187 bits per heavy atom. The van der Waals surface area contributed by atoms with Crippen LogP contribution in [0.2, 0.25) is 0 Å². The van der Waals surface area contributed by atoms with E-state index in [0.717, 1.165) is 88.2 Å². The Balaban J connectivity index is 0.000000130. The molecule has 0 spiro atoms. The Hall–Kier alpha value is -14.7. The molecule has 0 atom stereocenters. The number of nitrogens with zero attached hydrogens (tertiary/aromatic N) is 10. The van der Waals surface area contributed by atoms with Gasteiger partial charge in [0.1, 0.15) is 11.2 Å². The molecule has 11 nitrogen and oxygen atoms in total. The molecule has 496 valence electrons. The fourth-order valence-electron chi connectivity index (χ4n) is 17.1. The third-order valence-corrected chi connectivity index (χ3v) is 21.8. The smallest absolute Gasteiger partial charge is 0.238 e. The number of para-hydroxylation sites is 7. The van der Waals surface area contributed by atoms with Gasteiger partial charge >= 0.3 is 0 Å². The van der Waals surface area contributed by atoms with Crippen LogP contribution in [0.25, 0.3) is 221 Å². The Labute approximate surface area is 609 Å². The Morgan fingerprint density at radius 3 is 0.916 bits per heavy atom. The molecule has 0 unspecified atom stereocenters. The first-order valence-corrected chi connectivity index (χ1v) is 36.1. The Morgan fingerprint density at radius 2 is 0.477 bits per heavy atom. The predicted octanol–water partition coefficient (Wildman–Crippen LogP) is 24.1. The van der Waals surface area contributed by atoms with Crippen molar-refractivity contribution < 1.29 is 4.42 Å². The summed E-state index contributed by atoms with van der Waals surface area (Å²) < 4.78 is 15.7. The molecular formula is C96H56N10O. The summed E-state index contributed by atoms with van der Waals surface area (Å²) in [5.41, 5.74) is 21.4. The lowest BCUT2D eigenvalue weighted by atomic mass is 10.0. The lowest BCUT2D eigenvalue weighted by Gasteiger charge is -2.12. The molecule has 0 saturated heterocycles. The van der Waals surface area contributed by atoms with Crippen LogP contribution in [0.15, 0.2) is 344 Å². The summed E-state index contributed by atoms with van der Waals surface area (Å²) in [6, 6.07) is 119. The van der Waals surface area contributed by atoms with Crippen LogP contribution in [0, 0.1) is 0 Å². The van der Waals surface area contributed by atoms with Crippen molar-refractivity contribution >= 4 is 142 Å². The van der Waals surface area contributed by atoms with E-state index in [4.69, 9.17) is 34.3 Å². The monoisotopic (exact) mass is 1360 g/mol. The van der Waals surface area contributed by atoms with E-state index in [1.54, 1.807) is 0 Å². The molecule has 0 N–H and O–H groups in total. The summed E-state index contributed by atoms with van der Waals surface area (Å²) in [6.45, 7) is 0. The summed E-state index contributed by atoms with van der Waals surface area (Å²) in [5.74, 6) is 3.58. The van der Waals surface area contributed by atoms with Gasteiger partial charge in [0.15, 0.2) is 23.3 Å². The Kier molecular flexibility index (Phi) is 12.6. The van der Waals surface area contributed by atoms with Crippen molar-refractivity contribution in [3.8, 4) is 79.7 Å². The lowest BCUT2D eigenvalue weighted by Crippen LogP contribution is -2.06. The molecule has 107 heavy (non-hydrogen) atoms. The molecule has 0 saturated carbocycles. The zero-order valence-electron chi connectivity index (χ0n) is 57.2. The minimum Gasteiger partial charge on any atom is -0.456 e. The predicted molar refractivity (Wildman–Crippen MR) is 438 cm³/mol. The zero-order chi connectivity index (χ0) is 70.0. The second kappa shape index (κ2) is 22.9. The zero-order valence-corrected chi connectivity index (χ0v) is 57.2. The quantitative estimate of drug-likeness (QED) is 0.149. The summed E-state index contributed by atoms with van der Waals surface area (Å²) in [4.78, 5) is 31.5. The van der Waals surface area contributed by atoms with E-state index in [9.17, 15) is 0 Å². The third-order valence-electron chi connectivity index (χ3n) is 21.8. The maximum absolute atomic E-state index is 6.30. The summed E-state index contributed by atoms with van der Waals surface area (Å²) >= 11 is 0. The molecule has 11 heteroatoms. The molecule has 0 amide bonds. The van der Waals surface area contributed by atoms with Gasteiger partial charge in [-0.15, -0.1) is 0 Å². The molecule has 0 bridgehead atoms. The van der Waals surface area contributed by atoms with Gasteiger partial charge in [0.25, 0.3) is 0 Å². The van der Waals surface area contributed by atoms with E-state index in [2.05, 4.69) is 303 Å². The van der Waals surface area contributed by atoms with E-state index in [1.165, 1.54) is 98.1 Å². The lowest BCUT2D eigenvalue weighted by molar-refractivity contribution is 0.669. The second-order valence-corrected chi connectivity index (χ2v) is 27.7. The topological polar surface area (TPSA) is 109 Å². The molecule has 24 aromatic rings. The highest BCUT2D eigenvalue weighted by molar-refractivity contribution is 6.36. The van der Waals surface area contributed by atoms with Gasteiger partial charge in [-0.05, 0) is 89.0 Å². The van der Waals surface area contributed by atoms with Crippen molar-refractivity contribution in [2.75, 3.05) is 0 Å². The highest BCUT2D eigenvalue weighted by atomic mass is 16.3. The maximum Gasteiger partial charge on any atom is 0.238 e.